The number of aryl methyl sites for hydroxylation is 1. The Morgan fingerprint density at radius 1 is 1.18 bits per heavy atom. The maximum atomic E-state index is 12.5. The summed E-state index contributed by atoms with van der Waals surface area (Å²) >= 11 is 7.14. The van der Waals surface area contributed by atoms with Crippen molar-refractivity contribution in [2.24, 2.45) is 0 Å². The van der Waals surface area contributed by atoms with Crippen LogP contribution in [0.5, 0.6) is 0 Å². The highest BCUT2D eigenvalue weighted by atomic mass is 35.5. The lowest BCUT2D eigenvalue weighted by Crippen LogP contribution is -2.43. The summed E-state index contributed by atoms with van der Waals surface area (Å²) in [5.74, 6) is -1.26. The zero-order valence-electron chi connectivity index (χ0n) is 15.8. The van der Waals surface area contributed by atoms with Crippen molar-refractivity contribution in [2.75, 3.05) is 12.9 Å². The number of hydrogen-bond donors (Lipinski definition) is 3. The Morgan fingerprint density at radius 2 is 1.86 bits per heavy atom. The molecule has 9 heteroatoms. The molecule has 0 aliphatic heterocycles. The molecule has 2 rings (SSSR count). The third-order valence-corrected chi connectivity index (χ3v) is 5.17. The lowest BCUT2D eigenvalue weighted by molar-refractivity contribution is -0.119. The zero-order valence-corrected chi connectivity index (χ0v) is 17.4. The quantitative estimate of drug-likeness (QED) is 0.360. The Morgan fingerprint density at radius 3 is 2.46 bits per heavy atom. The molecule has 28 heavy (non-hydrogen) atoms. The third-order valence-electron chi connectivity index (χ3n) is 3.91. The van der Waals surface area contributed by atoms with E-state index in [1.807, 2.05) is 19.1 Å². The van der Waals surface area contributed by atoms with Gasteiger partial charge in [0.2, 0.25) is 5.91 Å². The first kappa shape index (κ1) is 21.8. The van der Waals surface area contributed by atoms with Crippen LogP contribution in [0.15, 0.2) is 29.2 Å². The molecule has 1 heterocycles. The molecule has 7 nitrogen and oxygen atoms in total. The molecule has 3 N–H and O–H groups in total. The molecule has 0 unspecified atom stereocenters. The number of esters is 1. The smallest absolute Gasteiger partial charge is 0.339 e. The van der Waals surface area contributed by atoms with Crippen molar-refractivity contribution in [3.63, 3.8) is 0 Å². The summed E-state index contributed by atoms with van der Waals surface area (Å²) in [6.07, 6.45) is 1.27. The van der Waals surface area contributed by atoms with Crippen LogP contribution < -0.4 is 10.9 Å². The van der Waals surface area contributed by atoms with Gasteiger partial charge in [-0.05, 0) is 43.2 Å². The van der Waals surface area contributed by atoms with Crippen LogP contribution >= 0.6 is 23.4 Å². The molecule has 2 amide bonds. The number of aromatic amines is 1. The van der Waals surface area contributed by atoms with Crippen LogP contribution in [0.1, 0.15) is 45.4 Å². The van der Waals surface area contributed by atoms with Gasteiger partial charge in [0.05, 0.1) is 18.4 Å². The molecule has 0 fully saturated rings. The zero-order chi connectivity index (χ0) is 20.7. The van der Waals surface area contributed by atoms with E-state index in [9.17, 15) is 14.4 Å². The number of thioether (sulfide) groups is 1. The molecule has 150 valence electrons. The maximum absolute atomic E-state index is 12.5. The number of methoxy groups -OCH3 is 1. The number of nitrogens with one attached hydrogen (secondary N) is 3. The molecule has 0 saturated heterocycles. The van der Waals surface area contributed by atoms with Crippen LogP contribution in [-0.4, -0.2) is 35.6 Å². The van der Waals surface area contributed by atoms with E-state index in [1.54, 1.807) is 19.1 Å². The van der Waals surface area contributed by atoms with Gasteiger partial charge < -0.3 is 9.72 Å². The van der Waals surface area contributed by atoms with E-state index >= 15 is 0 Å². The van der Waals surface area contributed by atoms with Crippen molar-refractivity contribution in [1.82, 2.24) is 15.8 Å². The Kier molecular flexibility index (Phi) is 7.95. The Hall–Kier alpha value is -2.45. The van der Waals surface area contributed by atoms with Crippen LogP contribution in [0.3, 0.4) is 0 Å². The lowest BCUT2D eigenvalue weighted by Gasteiger charge is -2.09. The predicted octanol–water partition coefficient (Wildman–Crippen LogP) is 3.27. The molecule has 0 atom stereocenters. The van der Waals surface area contributed by atoms with Gasteiger partial charge in [-0.1, -0.05) is 24.9 Å². The Balaban J connectivity index is 1.99. The summed E-state index contributed by atoms with van der Waals surface area (Å²) in [6.45, 7) is 3.64. The monoisotopic (exact) mass is 423 g/mol. The van der Waals surface area contributed by atoms with Gasteiger partial charge in [-0.25, -0.2) is 4.79 Å². The number of carbonyl (C=O) groups is 3. The number of H-pyrrole nitrogens is 1. The normalized spacial score (nSPS) is 10.4. The van der Waals surface area contributed by atoms with E-state index in [0.29, 0.717) is 28.3 Å². The highest BCUT2D eigenvalue weighted by Crippen LogP contribution is 2.22. The summed E-state index contributed by atoms with van der Waals surface area (Å²) in [7, 11) is 1.29. The van der Waals surface area contributed by atoms with Gasteiger partial charge in [-0.3, -0.25) is 20.4 Å². The van der Waals surface area contributed by atoms with Gasteiger partial charge in [0, 0.05) is 15.6 Å². The highest BCUT2D eigenvalue weighted by molar-refractivity contribution is 8.00. The number of hydrogen-bond acceptors (Lipinski definition) is 5. The molecule has 0 radical (unpaired) electrons. The molecule has 0 aliphatic carbocycles. The molecule has 1 aromatic carbocycles. The first-order valence-corrected chi connectivity index (χ1v) is 10.0. The third kappa shape index (κ3) is 5.53. The number of ether oxygens (including phenoxy) is 1. The average Bonchev–Trinajstić information content (AvgIpc) is 3.01. The van der Waals surface area contributed by atoms with E-state index < -0.39 is 11.9 Å². The fraction of sp³-hybridized carbons (Fsp3) is 0.316. The standard InChI is InChI=1S/C19H22ClN3O4S/c1-4-5-14-16(19(26)27-3)11(2)21-17(14)18(25)23-22-15(24)10-28-13-8-6-12(20)7-9-13/h6-9,21H,4-5,10H2,1-3H3,(H,22,24)(H,23,25). The van der Waals surface area contributed by atoms with Crippen molar-refractivity contribution >= 4 is 41.1 Å². The first-order chi connectivity index (χ1) is 13.4. The minimum Gasteiger partial charge on any atom is -0.465 e. The number of halogens is 1. The molecular weight excluding hydrogens is 402 g/mol. The van der Waals surface area contributed by atoms with Crippen LogP contribution in [0.2, 0.25) is 5.02 Å². The van der Waals surface area contributed by atoms with Crippen LogP contribution in [-0.2, 0) is 16.0 Å². The molecular formula is C19H22ClN3O4S. The minimum atomic E-state index is -0.522. The van der Waals surface area contributed by atoms with Crippen molar-refractivity contribution in [2.45, 2.75) is 31.6 Å². The van der Waals surface area contributed by atoms with E-state index in [0.717, 1.165) is 11.3 Å². The first-order valence-electron chi connectivity index (χ1n) is 8.64. The number of amides is 2. The topological polar surface area (TPSA) is 100 Å². The SMILES string of the molecule is CCCc1c(C(=O)NNC(=O)CSc2ccc(Cl)cc2)[nH]c(C)c1C(=O)OC. The fourth-order valence-electron chi connectivity index (χ4n) is 2.65. The number of aromatic nitrogens is 1. The second-order valence-electron chi connectivity index (χ2n) is 5.97. The highest BCUT2D eigenvalue weighted by Gasteiger charge is 2.24. The lowest BCUT2D eigenvalue weighted by atomic mass is 10.0. The van der Waals surface area contributed by atoms with Crippen molar-refractivity contribution in [1.29, 1.82) is 0 Å². The summed E-state index contributed by atoms with van der Waals surface area (Å²) in [4.78, 5) is 40.3. The fourth-order valence-corrected chi connectivity index (χ4v) is 3.48. The summed E-state index contributed by atoms with van der Waals surface area (Å²) in [5, 5.41) is 0.622. The predicted molar refractivity (Wildman–Crippen MR) is 109 cm³/mol. The molecule has 0 spiro atoms. The molecule has 0 saturated carbocycles. The van der Waals surface area contributed by atoms with Gasteiger partial charge in [-0.15, -0.1) is 11.8 Å². The minimum absolute atomic E-state index is 0.126. The van der Waals surface area contributed by atoms with E-state index in [4.69, 9.17) is 16.3 Å². The molecule has 0 aliphatic rings. The van der Waals surface area contributed by atoms with Gasteiger partial charge in [-0.2, -0.15) is 0 Å². The largest absolute Gasteiger partial charge is 0.465 e. The average molecular weight is 424 g/mol. The Bertz CT molecular complexity index is 865. The number of benzene rings is 1. The number of rotatable bonds is 7. The van der Waals surface area contributed by atoms with Crippen molar-refractivity contribution in [3.8, 4) is 0 Å². The van der Waals surface area contributed by atoms with E-state index in [2.05, 4.69) is 15.8 Å². The van der Waals surface area contributed by atoms with Crippen molar-refractivity contribution < 1.29 is 19.1 Å². The van der Waals surface area contributed by atoms with Gasteiger partial charge in [0.25, 0.3) is 5.91 Å². The van der Waals surface area contributed by atoms with Gasteiger partial charge >= 0.3 is 5.97 Å². The van der Waals surface area contributed by atoms with Gasteiger partial charge in [0.1, 0.15) is 5.69 Å². The van der Waals surface area contributed by atoms with Crippen LogP contribution in [0.25, 0.3) is 0 Å². The Labute approximate surface area is 172 Å². The van der Waals surface area contributed by atoms with Crippen LogP contribution in [0.4, 0.5) is 0 Å². The summed E-state index contributed by atoms with van der Waals surface area (Å²) in [5.41, 5.74) is 6.49. The molecule has 1 aromatic heterocycles. The number of hydrazine groups is 1. The molecule has 0 bridgehead atoms. The maximum Gasteiger partial charge on any atom is 0.339 e. The van der Waals surface area contributed by atoms with E-state index in [1.165, 1.54) is 18.9 Å². The van der Waals surface area contributed by atoms with Crippen LogP contribution in [0, 0.1) is 6.92 Å². The van der Waals surface area contributed by atoms with Crippen molar-refractivity contribution in [3.05, 3.63) is 51.8 Å². The van der Waals surface area contributed by atoms with Gasteiger partial charge in [0.15, 0.2) is 0 Å². The number of carbonyl (C=O) groups excluding carboxylic acids is 3. The second kappa shape index (κ2) is 10.2. The molecule has 2 aromatic rings. The van der Waals surface area contributed by atoms with E-state index in [-0.39, 0.29) is 17.4 Å². The summed E-state index contributed by atoms with van der Waals surface area (Å²) in [6, 6.07) is 7.11. The second-order valence-corrected chi connectivity index (χ2v) is 7.45. The summed E-state index contributed by atoms with van der Waals surface area (Å²) < 4.78 is 4.81.